The molecule has 0 rings (SSSR count). The van der Waals surface area contributed by atoms with Crippen LogP contribution in [-0.4, -0.2) is 42.1 Å². The number of ketones is 1. The summed E-state index contributed by atoms with van der Waals surface area (Å²) >= 11 is 0. The van der Waals surface area contributed by atoms with Gasteiger partial charge in [0.25, 0.3) is 0 Å². The highest BCUT2D eigenvalue weighted by molar-refractivity contribution is 5.89. The summed E-state index contributed by atoms with van der Waals surface area (Å²) in [5.74, 6) is 0.279. The second kappa shape index (κ2) is 30.5. The summed E-state index contributed by atoms with van der Waals surface area (Å²) in [5, 5.41) is 9.50. The lowest BCUT2D eigenvalue weighted by atomic mass is 10.0. The van der Waals surface area contributed by atoms with Gasteiger partial charge >= 0.3 is 11.9 Å². The van der Waals surface area contributed by atoms with Gasteiger partial charge in [0, 0.05) is 19.3 Å². The van der Waals surface area contributed by atoms with Gasteiger partial charge in [0.1, 0.15) is 6.61 Å². The third-order valence-corrected chi connectivity index (χ3v) is 7.40. The number of carbonyl (C=O) groups excluding carboxylic acids is 3. The van der Waals surface area contributed by atoms with E-state index in [4.69, 9.17) is 9.47 Å². The molecule has 0 aliphatic carbocycles. The number of allylic oxidation sites excluding steroid dienone is 4. The minimum Gasteiger partial charge on any atom is -0.462 e. The number of esters is 2. The van der Waals surface area contributed by atoms with Crippen LogP contribution >= 0.6 is 0 Å². The number of aliphatic hydroxyl groups excluding tert-OH is 1. The van der Waals surface area contributed by atoms with Crippen LogP contribution in [-0.2, 0) is 23.9 Å². The molecule has 0 aromatic carbocycles. The molecule has 0 aliphatic heterocycles. The van der Waals surface area contributed by atoms with Gasteiger partial charge in [-0.1, -0.05) is 129 Å². The van der Waals surface area contributed by atoms with Crippen LogP contribution < -0.4 is 0 Å². The Morgan fingerprint density at radius 2 is 1.21 bits per heavy atom. The van der Waals surface area contributed by atoms with Gasteiger partial charge in [-0.15, -0.1) is 0 Å². The zero-order valence-electron chi connectivity index (χ0n) is 27.4. The predicted molar refractivity (Wildman–Crippen MR) is 173 cm³/mol. The Morgan fingerprint density at radius 1 is 0.667 bits per heavy atom. The summed E-state index contributed by atoms with van der Waals surface area (Å²) in [6, 6.07) is 0. The summed E-state index contributed by atoms with van der Waals surface area (Å²) in [5.41, 5.74) is 0. The van der Waals surface area contributed by atoms with Crippen molar-refractivity contribution in [2.24, 2.45) is 5.92 Å². The van der Waals surface area contributed by atoms with Crippen molar-refractivity contribution in [3.8, 4) is 0 Å². The van der Waals surface area contributed by atoms with E-state index in [1.807, 2.05) is 12.2 Å². The number of hydrogen-bond acceptors (Lipinski definition) is 6. The zero-order chi connectivity index (χ0) is 31.1. The quantitative estimate of drug-likeness (QED) is 0.0387. The third kappa shape index (κ3) is 29.5. The molecule has 6 heteroatoms. The van der Waals surface area contributed by atoms with Crippen LogP contribution in [0.15, 0.2) is 24.3 Å². The first kappa shape index (κ1) is 40.1. The minimum atomic E-state index is -0.805. The average Bonchev–Trinajstić information content (AvgIpc) is 2.96. The number of carbonyl (C=O) groups is 3. The number of unbranched alkanes of at least 4 members (excludes halogenated alkanes) is 15. The molecule has 244 valence electrons. The maximum atomic E-state index is 12.1. The topological polar surface area (TPSA) is 89.9 Å². The first-order valence-corrected chi connectivity index (χ1v) is 17.2. The lowest BCUT2D eigenvalue weighted by Gasteiger charge is -2.15. The fourth-order valence-electron chi connectivity index (χ4n) is 4.72. The monoisotopic (exact) mass is 592 g/mol. The summed E-state index contributed by atoms with van der Waals surface area (Å²) in [6.45, 7) is 6.28. The highest BCUT2D eigenvalue weighted by Gasteiger charge is 2.16. The molecule has 0 fully saturated rings. The third-order valence-electron chi connectivity index (χ3n) is 7.40. The van der Waals surface area contributed by atoms with Gasteiger partial charge in [0.15, 0.2) is 11.9 Å². The van der Waals surface area contributed by atoms with E-state index >= 15 is 0 Å². The van der Waals surface area contributed by atoms with Gasteiger partial charge in [-0.05, 0) is 44.1 Å². The van der Waals surface area contributed by atoms with Crippen molar-refractivity contribution in [3.63, 3.8) is 0 Å². The Bertz CT molecular complexity index is 712. The zero-order valence-corrected chi connectivity index (χ0v) is 27.4. The lowest BCUT2D eigenvalue weighted by molar-refractivity contribution is -0.161. The van der Waals surface area contributed by atoms with Crippen molar-refractivity contribution in [3.05, 3.63) is 24.3 Å². The van der Waals surface area contributed by atoms with Crippen molar-refractivity contribution in [2.75, 3.05) is 13.2 Å². The number of aliphatic hydroxyl groups is 1. The smallest absolute Gasteiger partial charge is 0.306 e. The normalized spacial score (nSPS) is 12.4. The molecule has 0 heterocycles. The average molecular weight is 593 g/mol. The predicted octanol–water partition coefficient (Wildman–Crippen LogP) is 9.37. The molecule has 0 aliphatic rings. The Balaban J connectivity index is 3.68. The standard InChI is InChI=1S/C36H64O6/c1-4-5-6-7-11-16-21-26-33(38)27-22-17-14-19-23-28-35(39)41-31-34(30-37)42-36(40)29-24-18-13-10-8-9-12-15-20-25-32(2)3/h11,16,21,26,32,34,37H,4-10,12-15,17-20,22-25,27-31H2,1-3H3/b16-11-,26-21+/t34-/m0/s1. The van der Waals surface area contributed by atoms with Crippen molar-refractivity contribution in [1.29, 1.82) is 0 Å². The lowest BCUT2D eigenvalue weighted by Crippen LogP contribution is -2.28. The molecular weight excluding hydrogens is 528 g/mol. The number of rotatable bonds is 30. The van der Waals surface area contributed by atoms with Gasteiger partial charge in [-0.3, -0.25) is 14.4 Å². The van der Waals surface area contributed by atoms with Crippen LogP contribution in [0.2, 0.25) is 0 Å². The maximum absolute atomic E-state index is 12.1. The number of hydrogen-bond donors (Lipinski definition) is 1. The Kier molecular flexibility index (Phi) is 29.1. The summed E-state index contributed by atoms with van der Waals surface area (Å²) < 4.78 is 10.5. The molecule has 0 spiro atoms. The van der Waals surface area contributed by atoms with E-state index in [2.05, 4.69) is 26.8 Å². The largest absolute Gasteiger partial charge is 0.462 e. The fraction of sp³-hybridized carbons (Fsp3) is 0.806. The van der Waals surface area contributed by atoms with Gasteiger partial charge in [0.2, 0.25) is 0 Å². The van der Waals surface area contributed by atoms with Gasteiger partial charge in [-0.25, -0.2) is 0 Å². The number of ether oxygens (including phenoxy) is 2. The van der Waals surface area contributed by atoms with Crippen LogP contribution in [0.1, 0.15) is 162 Å². The maximum Gasteiger partial charge on any atom is 0.306 e. The van der Waals surface area contributed by atoms with E-state index in [1.165, 1.54) is 64.2 Å². The molecule has 0 aromatic heterocycles. The molecule has 0 saturated heterocycles. The summed E-state index contributed by atoms with van der Waals surface area (Å²) in [4.78, 5) is 36.0. The van der Waals surface area contributed by atoms with Crippen molar-refractivity contribution in [1.82, 2.24) is 0 Å². The molecule has 1 atom stereocenters. The van der Waals surface area contributed by atoms with Crippen LogP contribution in [0, 0.1) is 5.92 Å². The van der Waals surface area contributed by atoms with E-state index < -0.39 is 6.10 Å². The second-order valence-electron chi connectivity index (χ2n) is 12.1. The van der Waals surface area contributed by atoms with Crippen LogP contribution in [0.3, 0.4) is 0 Å². The van der Waals surface area contributed by atoms with Gasteiger partial charge < -0.3 is 14.6 Å². The molecule has 0 saturated carbocycles. The van der Waals surface area contributed by atoms with E-state index in [0.717, 1.165) is 63.7 Å². The van der Waals surface area contributed by atoms with Gasteiger partial charge in [0.05, 0.1) is 6.61 Å². The fourth-order valence-corrected chi connectivity index (χ4v) is 4.72. The van der Waals surface area contributed by atoms with Crippen molar-refractivity contribution >= 4 is 17.7 Å². The molecule has 0 amide bonds. The van der Waals surface area contributed by atoms with E-state index in [0.29, 0.717) is 19.3 Å². The van der Waals surface area contributed by atoms with Gasteiger partial charge in [-0.2, -0.15) is 0 Å². The molecule has 0 aromatic rings. The first-order chi connectivity index (χ1) is 20.4. The summed E-state index contributed by atoms with van der Waals surface area (Å²) in [6.07, 6.45) is 29.1. The Morgan fingerprint density at radius 3 is 1.79 bits per heavy atom. The Hall–Kier alpha value is -1.95. The minimum absolute atomic E-state index is 0.109. The molecule has 0 radical (unpaired) electrons. The van der Waals surface area contributed by atoms with Crippen molar-refractivity contribution < 1.29 is 29.0 Å². The van der Waals surface area contributed by atoms with E-state index in [1.54, 1.807) is 6.08 Å². The Labute approximate surface area is 258 Å². The SMILES string of the molecule is CCCCC/C=C\C=C\C(=O)CCCCCCCC(=O)OC[C@H](CO)OC(=O)CCCCCCCCCCCC(C)C. The van der Waals surface area contributed by atoms with E-state index in [9.17, 15) is 19.5 Å². The molecule has 0 unspecified atom stereocenters. The molecule has 6 nitrogen and oxygen atoms in total. The second-order valence-corrected chi connectivity index (χ2v) is 12.1. The molecule has 0 bridgehead atoms. The van der Waals surface area contributed by atoms with E-state index in [-0.39, 0.29) is 30.9 Å². The molecule has 1 N–H and O–H groups in total. The summed E-state index contributed by atoms with van der Waals surface area (Å²) in [7, 11) is 0. The highest BCUT2D eigenvalue weighted by atomic mass is 16.6. The van der Waals surface area contributed by atoms with Crippen LogP contribution in [0.25, 0.3) is 0 Å². The molecule has 42 heavy (non-hydrogen) atoms. The highest BCUT2D eigenvalue weighted by Crippen LogP contribution is 2.14. The van der Waals surface area contributed by atoms with Crippen LogP contribution in [0.4, 0.5) is 0 Å². The molecular formula is C36H64O6. The first-order valence-electron chi connectivity index (χ1n) is 17.2. The van der Waals surface area contributed by atoms with Crippen molar-refractivity contribution in [2.45, 2.75) is 168 Å². The van der Waals surface area contributed by atoms with Crippen LogP contribution in [0.5, 0.6) is 0 Å².